The first-order chi connectivity index (χ1) is 4.20. The van der Waals surface area contributed by atoms with Gasteiger partial charge in [-0.05, 0) is 26.8 Å². The maximum atomic E-state index is 6.61. The number of hydrogen-bond donors (Lipinski definition) is 1. The molecule has 0 aromatic heterocycles. The normalized spacial score (nSPS) is 13.7. The van der Waals surface area contributed by atoms with Gasteiger partial charge in [0.25, 0.3) is 0 Å². The van der Waals surface area contributed by atoms with Gasteiger partial charge in [0.15, 0.2) is 0 Å². The van der Waals surface area contributed by atoms with E-state index in [2.05, 4.69) is 5.11 Å². The van der Waals surface area contributed by atoms with Gasteiger partial charge in [0.2, 0.25) is 0 Å². The number of allylic oxidation sites excluding steroid dienone is 4. The largest absolute Gasteiger partial charge is 0.205 e. The van der Waals surface area contributed by atoms with Crippen LogP contribution < -0.4 is 0 Å². The van der Waals surface area contributed by atoms with Crippen LogP contribution in [0.4, 0.5) is 0 Å². The Labute approximate surface area is 55.8 Å². The lowest BCUT2D eigenvalue weighted by atomic mass is 10.2. The van der Waals surface area contributed by atoms with E-state index in [1.807, 2.05) is 26.0 Å². The Balaban J connectivity index is 4.11. The van der Waals surface area contributed by atoms with Gasteiger partial charge in [-0.25, -0.2) is 5.53 Å². The summed E-state index contributed by atoms with van der Waals surface area (Å²) in [6, 6.07) is 0. The average Bonchev–Trinajstić information content (AvgIpc) is 1.87. The second kappa shape index (κ2) is 4.01. The molecule has 0 spiro atoms. The molecule has 0 saturated carbocycles. The van der Waals surface area contributed by atoms with Crippen LogP contribution in [0.3, 0.4) is 0 Å². The van der Waals surface area contributed by atoms with Gasteiger partial charge in [-0.3, -0.25) is 0 Å². The monoisotopic (exact) mass is 124 g/mol. The van der Waals surface area contributed by atoms with Crippen molar-refractivity contribution >= 4 is 0 Å². The predicted molar refractivity (Wildman–Crippen MR) is 38.3 cm³/mol. The van der Waals surface area contributed by atoms with Crippen molar-refractivity contribution < 1.29 is 0 Å². The van der Waals surface area contributed by atoms with Crippen molar-refractivity contribution in [2.45, 2.75) is 20.8 Å². The zero-order valence-corrected chi connectivity index (χ0v) is 6.10. The van der Waals surface area contributed by atoms with Crippen LogP contribution in [0.25, 0.3) is 0 Å². The molecule has 0 bridgehead atoms. The lowest BCUT2D eigenvalue weighted by Crippen LogP contribution is -1.69. The van der Waals surface area contributed by atoms with Gasteiger partial charge in [0.05, 0.1) is 5.70 Å². The highest BCUT2D eigenvalue weighted by molar-refractivity contribution is 5.18. The molecule has 50 valence electrons. The van der Waals surface area contributed by atoms with Crippen LogP contribution in [0, 0.1) is 5.53 Å². The molecule has 0 radical (unpaired) electrons. The summed E-state index contributed by atoms with van der Waals surface area (Å²) >= 11 is 0. The summed E-state index contributed by atoms with van der Waals surface area (Å²) in [4.78, 5) is 0. The fourth-order valence-electron chi connectivity index (χ4n) is 0.445. The first-order valence-corrected chi connectivity index (χ1v) is 2.89. The van der Waals surface area contributed by atoms with Gasteiger partial charge >= 0.3 is 0 Å². The molecule has 2 heteroatoms. The molecular weight excluding hydrogens is 112 g/mol. The summed E-state index contributed by atoms with van der Waals surface area (Å²) in [5.41, 5.74) is 8.49. The van der Waals surface area contributed by atoms with Gasteiger partial charge in [-0.1, -0.05) is 11.6 Å². The number of hydrogen-bond acceptors (Lipinski definition) is 2. The highest BCUT2D eigenvalue weighted by Crippen LogP contribution is 2.00. The summed E-state index contributed by atoms with van der Waals surface area (Å²) in [5.74, 6) is 0. The van der Waals surface area contributed by atoms with E-state index >= 15 is 0 Å². The SMILES string of the molecule is C/C=C(C)\C=C(\C)N=N. The van der Waals surface area contributed by atoms with E-state index in [9.17, 15) is 0 Å². The summed E-state index contributed by atoms with van der Waals surface area (Å²) in [6.07, 6.45) is 3.85. The number of rotatable bonds is 2. The summed E-state index contributed by atoms with van der Waals surface area (Å²) in [6.45, 7) is 5.75. The third-order valence-electron chi connectivity index (χ3n) is 1.07. The van der Waals surface area contributed by atoms with Crippen LogP contribution in [0.2, 0.25) is 0 Å². The number of nitrogens with zero attached hydrogens (tertiary/aromatic N) is 1. The van der Waals surface area contributed by atoms with Gasteiger partial charge < -0.3 is 0 Å². The van der Waals surface area contributed by atoms with Crippen LogP contribution in [0.1, 0.15) is 20.8 Å². The Hall–Kier alpha value is -0.920. The van der Waals surface area contributed by atoms with Crippen molar-refractivity contribution in [3.05, 3.63) is 23.4 Å². The van der Waals surface area contributed by atoms with E-state index in [1.165, 1.54) is 0 Å². The molecule has 9 heavy (non-hydrogen) atoms. The molecule has 0 heterocycles. The quantitative estimate of drug-likeness (QED) is 0.434. The van der Waals surface area contributed by atoms with E-state index in [4.69, 9.17) is 5.53 Å². The molecule has 0 unspecified atom stereocenters. The standard InChI is InChI=1S/C7H12N2/c1-4-6(2)5-7(3)9-8/h4-5,8H,1-3H3/b6-4-,7-5-,9-8?. The highest BCUT2D eigenvalue weighted by Gasteiger charge is 1.81. The van der Waals surface area contributed by atoms with Crippen molar-refractivity contribution in [3.63, 3.8) is 0 Å². The smallest absolute Gasteiger partial charge is 0.0595 e. The molecule has 0 amide bonds. The Kier molecular flexibility index (Phi) is 3.60. The fraction of sp³-hybridized carbons (Fsp3) is 0.429. The minimum atomic E-state index is 0.741. The summed E-state index contributed by atoms with van der Waals surface area (Å²) < 4.78 is 0. The predicted octanol–water partition coefficient (Wildman–Crippen LogP) is 2.89. The first kappa shape index (κ1) is 8.08. The van der Waals surface area contributed by atoms with E-state index in [0.717, 1.165) is 11.3 Å². The van der Waals surface area contributed by atoms with Crippen LogP contribution >= 0.6 is 0 Å². The van der Waals surface area contributed by atoms with Crippen LogP contribution in [0.5, 0.6) is 0 Å². The minimum absolute atomic E-state index is 0.741. The molecule has 0 atom stereocenters. The Morgan fingerprint density at radius 3 is 2.33 bits per heavy atom. The van der Waals surface area contributed by atoms with Gasteiger partial charge in [0.1, 0.15) is 0 Å². The molecule has 0 aromatic carbocycles. The van der Waals surface area contributed by atoms with Gasteiger partial charge in [-0.2, -0.15) is 5.11 Å². The molecule has 1 N–H and O–H groups in total. The first-order valence-electron chi connectivity index (χ1n) is 2.89. The molecule has 0 aromatic rings. The topological polar surface area (TPSA) is 36.2 Å². The second-order valence-corrected chi connectivity index (χ2v) is 1.93. The molecule has 0 rings (SSSR count). The molecule has 0 aliphatic heterocycles. The Morgan fingerprint density at radius 2 is 2.00 bits per heavy atom. The maximum Gasteiger partial charge on any atom is 0.0595 e. The van der Waals surface area contributed by atoms with E-state index in [1.54, 1.807) is 6.92 Å². The third kappa shape index (κ3) is 3.64. The van der Waals surface area contributed by atoms with Crippen molar-refractivity contribution in [2.24, 2.45) is 5.11 Å². The molecule has 0 aliphatic rings. The summed E-state index contributed by atoms with van der Waals surface area (Å²) in [5, 5.41) is 3.25. The zero-order valence-electron chi connectivity index (χ0n) is 6.10. The zero-order chi connectivity index (χ0) is 7.28. The van der Waals surface area contributed by atoms with E-state index < -0.39 is 0 Å². The Morgan fingerprint density at radius 1 is 1.44 bits per heavy atom. The van der Waals surface area contributed by atoms with E-state index in [-0.39, 0.29) is 0 Å². The molecule has 0 saturated heterocycles. The van der Waals surface area contributed by atoms with E-state index in [0.29, 0.717) is 0 Å². The lowest BCUT2D eigenvalue weighted by molar-refractivity contribution is 1.05. The van der Waals surface area contributed by atoms with Crippen LogP contribution in [-0.4, -0.2) is 0 Å². The van der Waals surface area contributed by atoms with Crippen molar-refractivity contribution in [1.82, 2.24) is 0 Å². The molecule has 0 fully saturated rings. The summed E-state index contributed by atoms with van der Waals surface area (Å²) in [7, 11) is 0. The third-order valence-corrected chi connectivity index (χ3v) is 1.07. The maximum absolute atomic E-state index is 6.61. The van der Waals surface area contributed by atoms with Crippen molar-refractivity contribution in [1.29, 1.82) is 5.53 Å². The molecule has 2 nitrogen and oxygen atoms in total. The van der Waals surface area contributed by atoms with Crippen molar-refractivity contribution in [3.8, 4) is 0 Å². The second-order valence-electron chi connectivity index (χ2n) is 1.93. The van der Waals surface area contributed by atoms with Crippen molar-refractivity contribution in [2.75, 3.05) is 0 Å². The van der Waals surface area contributed by atoms with Gasteiger partial charge in [0, 0.05) is 0 Å². The minimum Gasteiger partial charge on any atom is -0.205 e. The molecule has 0 aliphatic carbocycles. The van der Waals surface area contributed by atoms with Crippen LogP contribution in [0.15, 0.2) is 28.5 Å². The fourth-order valence-corrected chi connectivity index (χ4v) is 0.445. The number of nitrogens with one attached hydrogen (secondary N) is 1. The van der Waals surface area contributed by atoms with Crippen LogP contribution in [-0.2, 0) is 0 Å². The molecular formula is C7H12N2. The highest BCUT2D eigenvalue weighted by atomic mass is 15.0. The lowest BCUT2D eigenvalue weighted by Gasteiger charge is -1.88. The Bertz CT molecular complexity index is 154. The van der Waals surface area contributed by atoms with Gasteiger partial charge in [-0.15, -0.1) is 0 Å². The average molecular weight is 124 g/mol.